The summed E-state index contributed by atoms with van der Waals surface area (Å²) in [6, 6.07) is 1.21. The van der Waals surface area contributed by atoms with Crippen molar-refractivity contribution in [2.45, 2.75) is 58.2 Å². The zero-order chi connectivity index (χ0) is 12.2. The van der Waals surface area contributed by atoms with Crippen molar-refractivity contribution >= 4 is 0 Å². The van der Waals surface area contributed by atoms with Crippen LogP contribution < -0.4 is 5.32 Å². The van der Waals surface area contributed by atoms with Crippen molar-refractivity contribution in [1.29, 1.82) is 0 Å². The standard InChI is InChI=1S/C13H28N2O/c1-6-13(4)10-14-11(2)9-15(13)12(3)7-8-16-5/h11-12,14H,6-10H2,1-5H3. The second-order valence-corrected chi connectivity index (χ2v) is 5.42. The van der Waals surface area contributed by atoms with E-state index in [4.69, 9.17) is 4.74 Å². The van der Waals surface area contributed by atoms with Gasteiger partial charge in [0.2, 0.25) is 0 Å². The first-order valence-corrected chi connectivity index (χ1v) is 6.52. The second-order valence-electron chi connectivity index (χ2n) is 5.42. The highest BCUT2D eigenvalue weighted by Crippen LogP contribution is 2.26. The average Bonchev–Trinajstić information content (AvgIpc) is 2.29. The van der Waals surface area contributed by atoms with Crippen LogP contribution in [0.15, 0.2) is 0 Å². The number of hydrogen-bond acceptors (Lipinski definition) is 3. The smallest absolute Gasteiger partial charge is 0.0477 e. The molecule has 0 saturated carbocycles. The van der Waals surface area contributed by atoms with Crippen molar-refractivity contribution in [3.8, 4) is 0 Å². The highest BCUT2D eigenvalue weighted by Gasteiger charge is 2.37. The molecule has 0 aromatic heterocycles. The Morgan fingerprint density at radius 1 is 1.56 bits per heavy atom. The third-order valence-corrected chi connectivity index (χ3v) is 4.03. The molecule has 96 valence electrons. The van der Waals surface area contributed by atoms with E-state index in [1.807, 2.05) is 0 Å². The molecular formula is C13H28N2O. The van der Waals surface area contributed by atoms with Crippen LogP contribution in [0.3, 0.4) is 0 Å². The molecule has 1 saturated heterocycles. The normalized spacial score (nSPS) is 33.9. The molecule has 0 aliphatic carbocycles. The first kappa shape index (κ1) is 13.9. The zero-order valence-electron chi connectivity index (χ0n) is 11.5. The third-order valence-electron chi connectivity index (χ3n) is 4.03. The molecule has 1 fully saturated rings. The van der Waals surface area contributed by atoms with E-state index in [1.165, 1.54) is 6.42 Å². The lowest BCUT2D eigenvalue weighted by Gasteiger charge is -2.50. The van der Waals surface area contributed by atoms with Crippen LogP contribution in [0.25, 0.3) is 0 Å². The van der Waals surface area contributed by atoms with Crippen LogP contribution >= 0.6 is 0 Å². The molecule has 0 bridgehead atoms. The van der Waals surface area contributed by atoms with Gasteiger partial charge in [-0.2, -0.15) is 0 Å². The van der Waals surface area contributed by atoms with E-state index in [9.17, 15) is 0 Å². The lowest BCUT2D eigenvalue weighted by molar-refractivity contribution is 0.00836. The van der Waals surface area contributed by atoms with E-state index in [1.54, 1.807) is 7.11 Å². The fourth-order valence-electron chi connectivity index (χ4n) is 2.56. The number of rotatable bonds is 5. The summed E-state index contributed by atoms with van der Waals surface area (Å²) >= 11 is 0. The molecule has 1 aliphatic heterocycles. The van der Waals surface area contributed by atoms with Gasteiger partial charge in [-0.15, -0.1) is 0 Å². The Bertz CT molecular complexity index is 210. The topological polar surface area (TPSA) is 24.5 Å². The maximum atomic E-state index is 5.19. The Morgan fingerprint density at radius 2 is 2.25 bits per heavy atom. The molecule has 1 heterocycles. The first-order chi connectivity index (χ1) is 7.53. The predicted molar refractivity (Wildman–Crippen MR) is 68.8 cm³/mol. The third kappa shape index (κ3) is 3.19. The summed E-state index contributed by atoms with van der Waals surface area (Å²) in [6.07, 6.45) is 2.32. The maximum absolute atomic E-state index is 5.19. The predicted octanol–water partition coefficient (Wildman–Crippen LogP) is 1.87. The van der Waals surface area contributed by atoms with E-state index in [0.717, 1.165) is 26.1 Å². The van der Waals surface area contributed by atoms with Gasteiger partial charge in [0.05, 0.1) is 0 Å². The number of nitrogens with one attached hydrogen (secondary N) is 1. The minimum atomic E-state index is 0.305. The summed E-state index contributed by atoms with van der Waals surface area (Å²) < 4.78 is 5.19. The number of piperazine rings is 1. The Kier molecular flexibility index (Phi) is 5.22. The largest absolute Gasteiger partial charge is 0.385 e. The highest BCUT2D eigenvalue weighted by molar-refractivity contribution is 4.96. The van der Waals surface area contributed by atoms with Crippen LogP contribution in [-0.2, 0) is 4.74 Å². The van der Waals surface area contributed by atoms with Crippen LogP contribution in [0.4, 0.5) is 0 Å². The summed E-state index contributed by atoms with van der Waals surface area (Å²) in [5, 5.41) is 3.59. The Morgan fingerprint density at radius 3 is 2.81 bits per heavy atom. The number of nitrogens with zero attached hydrogens (tertiary/aromatic N) is 1. The van der Waals surface area contributed by atoms with Crippen molar-refractivity contribution in [1.82, 2.24) is 10.2 Å². The van der Waals surface area contributed by atoms with E-state index in [2.05, 4.69) is 37.9 Å². The van der Waals surface area contributed by atoms with Gasteiger partial charge in [0.25, 0.3) is 0 Å². The quantitative estimate of drug-likeness (QED) is 0.777. The monoisotopic (exact) mass is 228 g/mol. The van der Waals surface area contributed by atoms with E-state index in [-0.39, 0.29) is 0 Å². The van der Waals surface area contributed by atoms with Crippen LogP contribution in [0.1, 0.15) is 40.5 Å². The SMILES string of the molecule is CCC1(C)CNC(C)CN1C(C)CCOC. The van der Waals surface area contributed by atoms with Gasteiger partial charge >= 0.3 is 0 Å². The lowest BCUT2D eigenvalue weighted by Crippen LogP contribution is -2.64. The molecule has 3 nitrogen and oxygen atoms in total. The van der Waals surface area contributed by atoms with Crippen LogP contribution in [0.5, 0.6) is 0 Å². The van der Waals surface area contributed by atoms with Gasteiger partial charge in [-0.3, -0.25) is 4.90 Å². The molecular weight excluding hydrogens is 200 g/mol. The van der Waals surface area contributed by atoms with E-state index >= 15 is 0 Å². The average molecular weight is 228 g/mol. The molecule has 0 aromatic rings. The molecule has 3 atom stereocenters. The van der Waals surface area contributed by atoms with E-state index < -0.39 is 0 Å². The molecule has 16 heavy (non-hydrogen) atoms. The molecule has 0 spiro atoms. The van der Waals surface area contributed by atoms with Gasteiger partial charge in [0.15, 0.2) is 0 Å². The fourth-order valence-corrected chi connectivity index (χ4v) is 2.56. The summed E-state index contributed by atoms with van der Waals surface area (Å²) in [5.41, 5.74) is 0.305. The highest BCUT2D eigenvalue weighted by atomic mass is 16.5. The van der Waals surface area contributed by atoms with Gasteiger partial charge in [0, 0.05) is 44.4 Å². The summed E-state index contributed by atoms with van der Waals surface area (Å²) in [5.74, 6) is 0. The molecule has 0 radical (unpaired) electrons. The van der Waals surface area contributed by atoms with Crippen molar-refractivity contribution < 1.29 is 4.74 Å². The molecule has 3 heteroatoms. The van der Waals surface area contributed by atoms with Crippen LogP contribution in [-0.4, -0.2) is 49.3 Å². The Balaban J connectivity index is 2.63. The van der Waals surface area contributed by atoms with Crippen LogP contribution in [0.2, 0.25) is 0 Å². The fraction of sp³-hybridized carbons (Fsp3) is 1.00. The van der Waals surface area contributed by atoms with Crippen molar-refractivity contribution in [2.75, 3.05) is 26.8 Å². The molecule has 0 amide bonds. The first-order valence-electron chi connectivity index (χ1n) is 6.52. The molecule has 3 unspecified atom stereocenters. The Labute approximate surface area is 101 Å². The molecule has 1 N–H and O–H groups in total. The molecule has 1 rings (SSSR count). The second kappa shape index (κ2) is 5.99. The van der Waals surface area contributed by atoms with Gasteiger partial charge < -0.3 is 10.1 Å². The number of hydrogen-bond donors (Lipinski definition) is 1. The van der Waals surface area contributed by atoms with Crippen molar-refractivity contribution in [3.63, 3.8) is 0 Å². The number of methoxy groups -OCH3 is 1. The van der Waals surface area contributed by atoms with Gasteiger partial charge in [-0.05, 0) is 33.6 Å². The Hall–Kier alpha value is -0.120. The summed E-state index contributed by atoms with van der Waals surface area (Å²) in [7, 11) is 1.78. The summed E-state index contributed by atoms with van der Waals surface area (Å²) in [4.78, 5) is 2.66. The lowest BCUT2D eigenvalue weighted by atomic mass is 9.90. The summed E-state index contributed by atoms with van der Waals surface area (Å²) in [6.45, 7) is 12.4. The minimum absolute atomic E-state index is 0.305. The minimum Gasteiger partial charge on any atom is -0.385 e. The van der Waals surface area contributed by atoms with Gasteiger partial charge in [0.1, 0.15) is 0 Å². The maximum Gasteiger partial charge on any atom is 0.0477 e. The van der Waals surface area contributed by atoms with Crippen molar-refractivity contribution in [3.05, 3.63) is 0 Å². The molecule has 1 aliphatic rings. The van der Waals surface area contributed by atoms with E-state index in [0.29, 0.717) is 17.6 Å². The number of ether oxygens (including phenoxy) is 1. The van der Waals surface area contributed by atoms with Gasteiger partial charge in [-0.25, -0.2) is 0 Å². The van der Waals surface area contributed by atoms with Gasteiger partial charge in [-0.1, -0.05) is 6.92 Å². The molecule has 0 aromatic carbocycles. The van der Waals surface area contributed by atoms with Crippen LogP contribution in [0, 0.1) is 0 Å². The zero-order valence-corrected chi connectivity index (χ0v) is 11.5. The van der Waals surface area contributed by atoms with Crippen molar-refractivity contribution in [2.24, 2.45) is 0 Å².